The van der Waals surface area contributed by atoms with Gasteiger partial charge < -0.3 is 4.74 Å². The highest BCUT2D eigenvalue weighted by molar-refractivity contribution is 5.89. The van der Waals surface area contributed by atoms with E-state index < -0.39 is 23.4 Å². The van der Waals surface area contributed by atoms with Gasteiger partial charge in [0, 0.05) is 6.20 Å². The molecule has 0 aromatic carbocycles. The first-order valence-corrected chi connectivity index (χ1v) is 4.54. The first kappa shape index (κ1) is 13.0. The highest BCUT2D eigenvalue weighted by Crippen LogP contribution is 2.31. The Morgan fingerprint density at radius 1 is 1.59 bits per heavy atom. The van der Waals surface area contributed by atoms with Crippen molar-refractivity contribution in [3.8, 4) is 6.07 Å². The van der Waals surface area contributed by atoms with E-state index in [4.69, 9.17) is 5.26 Å². The van der Waals surface area contributed by atoms with Crippen LogP contribution in [0.25, 0.3) is 0 Å². The number of rotatable bonds is 2. The van der Waals surface area contributed by atoms with Crippen LogP contribution in [0.2, 0.25) is 0 Å². The first-order chi connectivity index (χ1) is 7.90. The molecular weight excluding hydrogens is 237 g/mol. The second-order valence-electron chi connectivity index (χ2n) is 2.95. The Balaban J connectivity index is 3.24. The summed E-state index contributed by atoms with van der Waals surface area (Å²) in [6, 6.07) is 1.88. The van der Waals surface area contributed by atoms with Gasteiger partial charge in [-0.2, -0.15) is 18.4 Å². The highest BCUT2D eigenvalue weighted by atomic mass is 19.4. The summed E-state index contributed by atoms with van der Waals surface area (Å²) >= 11 is 0. The highest BCUT2D eigenvalue weighted by Gasteiger charge is 2.35. The Morgan fingerprint density at radius 3 is 2.71 bits per heavy atom. The molecule has 0 saturated carbocycles. The minimum atomic E-state index is -4.74. The molecule has 0 atom stereocenters. The Morgan fingerprint density at radius 2 is 2.24 bits per heavy atom. The van der Waals surface area contributed by atoms with Gasteiger partial charge in [-0.25, -0.2) is 9.78 Å². The fraction of sp³-hybridized carbons (Fsp3) is 0.300. The largest absolute Gasteiger partial charge is 0.462 e. The van der Waals surface area contributed by atoms with Crippen LogP contribution in [0.15, 0.2) is 12.3 Å². The van der Waals surface area contributed by atoms with Crippen molar-refractivity contribution in [3.63, 3.8) is 0 Å². The summed E-state index contributed by atoms with van der Waals surface area (Å²) in [7, 11) is 0. The minimum absolute atomic E-state index is 0.0419. The Bertz CT molecular complexity index is 477. The predicted molar refractivity (Wildman–Crippen MR) is 49.9 cm³/mol. The summed E-state index contributed by atoms with van der Waals surface area (Å²) in [4.78, 5) is 14.5. The van der Waals surface area contributed by atoms with Crippen molar-refractivity contribution in [1.82, 2.24) is 4.98 Å². The van der Waals surface area contributed by atoms with Crippen LogP contribution < -0.4 is 0 Å². The van der Waals surface area contributed by atoms with Gasteiger partial charge in [-0.1, -0.05) is 0 Å². The number of esters is 1. The lowest BCUT2D eigenvalue weighted by Crippen LogP contribution is -2.13. The fourth-order valence-electron chi connectivity index (χ4n) is 1.10. The molecule has 17 heavy (non-hydrogen) atoms. The van der Waals surface area contributed by atoms with Gasteiger partial charge in [-0.05, 0) is 13.0 Å². The summed E-state index contributed by atoms with van der Waals surface area (Å²) in [6.45, 7) is 1.57. The number of hydrogen-bond acceptors (Lipinski definition) is 4. The number of aromatic nitrogens is 1. The third-order valence-electron chi connectivity index (χ3n) is 1.81. The topological polar surface area (TPSA) is 63.0 Å². The Labute approximate surface area is 94.6 Å². The SMILES string of the molecule is CCOC(=O)c1cnc(C#N)c(C(F)(F)F)c1. The summed E-state index contributed by atoms with van der Waals surface area (Å²) < 4.78 is 42.1. The van der Waals surface area contributed by atoms with E-state index in [2.05, 4.69) is 9.72 Å². The number of nitrogens with zero attached hydrogens (tertiary/aromatic N) is 2. The number of halogens is 3. The van der Waals surface area contributed by atoms with Crippen molar-refractivity contribution in [2.75, 3.05) is 6.61 Å². The lowest BCUT2D eigenvalue weighted by atomic mass is 10.1. The average molecular weight is 244 g/mol. The van der Waals surface area contributed by atoms with Crippen molar-refractivity contribution < 1.29 is 22.7 Å². The van der Waals surface area contributed by atoms with E-state index in [-0.39, 0.29) is 12.2 Å². The van der Waals surface area contributed by atoms with Crippen LogP contribution in [-0.2, 0) is 10.9 Å². The van der Waals surface area contributed by atoms with Crippen molar-refractivity contribution in [2.24, 2.45) is 0 Å². The van der Waals surface area contributed by atoms with E-state index in [1.165, 1.54) is 13.0 Å². The molecular formula is C10H7F3N2O2. The standard InChI is InChI=1S/C10H7F3N2O2/c1-2-17-9(16)6-3-7(10(11,12)13)8(4-14)15-5-6/h3,5H,2H2,1H3. The van der Waals surface area contributed by atoms with Crippen LogP contribution in [0.5, 0.6) is 0 Å². The molecule has 0 bridgehead atoms. The zero-order chi connectivity index (χ0) is 13.1. The third kappa shape index (κ3) is 2.93. The quantitative estimate of drug-likeness (QED) is 0.748. The van der Waals surface area contributed by atoms with Crippen LogP contribution in [0.4, 0.5) is 13.2 Å². The average Bonchev–Trinajstić information content (AvgIpc) is 2.27. The number of pyridine rings is 1. The molecule has 0 spiro atoms. The second kappa shape index (κ2) is 4.82. The van der Waals surface area contributed by atoms with Crippen molar-refractivity contribution in [3.05, 3.63) is 29.1 Å². The van der Waals surface area contributed by atoms with Gasteiger partial charge in [-0.15, -0.1) is 0 Å². The Kier molecular flexibility index (Phi) is 3.68. The van der Waals surface area contributed by atoms with Crippen LogP contribution in [0, 0.1) is 11.3 Å². The number of hydrogen-bond donors (Lipinski definition) is 0. The third-order valence-corrected chi connectivity index (χ3v) is 1.81. The summed E-state index contributed by atoms with van der Waals surface area (Å²) in [5.41, 5.74) is -2.35. The molecule has 0 aliphatic rings. The molecule has 90 valence electrons. The summed E-state index contributed by atoms with van der Waals surface area (Å²) in [6.07, 6.45) is -3.85. The van der Waals surface area contributed by atoms with Gasteiger partial charge in [-0.3, -0.25) is 0 Å². The van der Waals surface area contributed by atoms with Gasteiger partial charge in [0.25, 0.3) is 0 Å². The number of carbonyl (C=O) groups excluding carboxylic acids is 1. The van der Waals surface area contributed by atoms with Crippen LogP contribution in [-0.4, -0.2) is 17.6 Å². The van der Waals surface area contributed by atoms with Gasteiger partial charge in [0.2, 0.25) is 0 Å². The maximum Gasteiger partial charge on any atom is 0.419 e. The Hall–Kier alpha value is -2.10. The van der Waals surface area contributed by atoms with E-state index in [1.807, 2.05) is 0 Å². The molecule has 1 aromatic rings. The lowest BCUT2D eigenvalue weighted by Gasteiger charge is -2.09. The van der Waals surface area contributed by atoms with Crippen molar-refractivity contribution in [1.29, 1.82) is 5.26 Å². The number of nitriles is 1. The zero-order valence-electron chi connectivity index (χ0n) is 8.71. The van der Waals surface area contributed by atoms with Crippen LogP contribution >= 0.6 is 0 Å². The fourth-order valence-corrected chi connectivity index (χ4v) is 1.10. The smallest absolute Gasteiger partial charge is 0.419 e. The summed E-state index contributed by atoms with van der Waals surface area (Å²) in [5.74, 6) is -0.907. The second-order valence-corrected chi connectivity index (χ2v) is 2.95. The van der Waals surface area contributed by atoms with E-state index in [0.717, 1.165) is 6.20 Å². The van der Waals surface area contributed by atoms with Crippen molar-refractivity contribution in [2.45, 2.75) is 13.1 Å². The molecule has 0 aliphatic heterocycles. The molecule has 7 heteroatoms. The maximum atomic E-state index is 12.5. The maximum absolute atomic E-state index is 12.5. The molecule has 4 nitrogen and oxygen atoms in total. The first-order valence-electron chi connectivity index (χ1n) is 4.54. The van der Waals surface area contributed by atoms with E-state index in [1.54, 1.807) is 0 Å². The van der Waals surface area contributed by atoms with Gasteiger partial charge in [0.05, 0.1) is 17.7 Å². The number of ether oxygens (including phenoxy) is 1. The molecule has 0 fully saturated rings. The molecule has 0 unspecified atom stereocenters. The van der Waals surface area contributed by atoms with E-state index in [0.29, 0.717) is 6.07 Å². The molecule has 0 N–H and O–H groups in total. The van der Waals surface area contributed by atoms with Crippen molar-refractivity contribution >= 4 is 5.97 Å². The molecule has 1 heterocycles. The predicted octanol–water partition coefficient (Wildman–Crippen LogP) is 2.15. The van der Waals surface area contributed by atoms with E-state index in [9.17, 15) is 18.0 Å². The minimum Gasteiger partial charge on any atom is -0.462 e. The normalized spacial score (nSPS) is 10.8. The van der Waals surface area contributed by atoms with Crippen LogP contribution in [0.1, 0.15) is 28.5 Å². The van der Waals surface area contributed by atoms with Gasteiger partial charge in [0.1, 0.15) is 6.07 Å². The molecule has 0 saturated heterocycles. The van der Waals surface area contributed by atoms with E-state index >= 15 is 0 Å². The molecule has 1 rings (SSSR count). The molecule has 0 radical (unpaired) electrons. The number of carbonyl (C=O) groups is 1. The monoisotopic (exact) mass is 244 g/mol. The zero-order valence-corrected chi connectivity index (χ0v) is 8.71. The number of alkyl halides is 3. The van der Waals surface area contributed by atoms with Gasteiger partial charge >= 0.3 is 12.1 Å². The van der Waals surface area contributed by atoms with Gasteiger partial charge in [0.15, 0.2) is 5.69 Å². The molecule has 1 aromatic heterocycles. The summed E-state index contributed by atoms with van der Waals surface area (Å²) in [5, 5.41) is 8.49. The van der Waals surface area contributed by atoms with Crippen LogP contribution in [0.3, 0.4) is 0 Å². The lowest BCUT2D eigenvalue weighted by molar-refractivity contribution is -0.138. The molecule has 0 amide bonds. The molecule has 0 aliphatic carbocycles.